The van der Waals surface area contributed by atoms with Gasteiger partial charge in [0.05, 0.1) is 16.8 Å². The van der Waals surface area contributed by atoms with Crippen molar-refractivity contribution >= 4 is 38.4 Å². The Labute approximate surface area is 185 Å². The summed E-state index contributed by atoms with van der Waals surface area (Å²) in [6.45, 7) is 8.10. The van der Waals surface area contributed by atoms with E-state index in [9.17, 15) is 4.79 Å². The van der Waals surface area contributed by atoms with Crippen molar-refractivity contribution < 1.29 is 4.79 Å². The van der Waals surface area contributed by atoms with Crippen LogP contribution in [0.5, 0.6) is 0 Å². The number of halogens is 1. The molecule has 4 rings (SSSR count). The van der Waals surface area contributed by atoms with E-state index in [1.54, 1.807) is 0 Å². The van der Waals surface area contributed by atoms with Gasteiger partial charge in [0.15, 0.2) is 0 Å². The molecule has 0 aliphatic heterocycles. The molecule has 0 spiro atoms. The van der Waals surface area contributed by atoms with Gasteiger partial charge in [-0.3, -0.25) is 4.79 Å². The van der Waals surface area contributed by atoms with E-state index in [-0.39, 0.29) is 5.91 Å². The van der Waals surface area contributed by atoms with Crippen LogP contribution < -0.4 is 5.32 Å². The van der Waals surface area contributed by atoms with E-state index in [0.717, 1.165) is 49.0 Å². The van der Waals surface area contributed by atoms with Gasteiger partial charge in [-0.05, 0) is 68.7 Å². The average molecular weight is 459 g/mol. The third-order valence-electron chi connectivity index (χ3n) is 5.30. The largest absolute Gasteiger partial charge is 0.322 e. The van der Waals surface area contributed by atoms with Crippen LogP contribution in [0.15, 0.2) is 65.1 Å². The number of aromatic nitrogens is 1. The maximum atomic E-state index is 13.4. The lowest BCUT2D eigenvalue weighted by molar-refractivity contribution is 0.102. The maximum absolute atomic E-state index is 13.4. The first-order valence-corrected chi connectivity index (χ1v) is 10.7. The Morgan fingerprint density at radius 1 is 0.833 bits per heavy atom. The van der Waals surface area contributed by atoms with E-state index >= 15 is 0 Å². The van der Waals surface area contributed by atoms with Gasteiger partial charge in [0, 0.05) is 21.1 Å². The van der Waals surface area contributed by atoms with Gasteiger partial charge in [0.2, 0.25) is 0 Å². The van der Waals surface area contributed by atoms with Gasteiger partial charge in [-0.1, -0.05) is 57.9 Å². The molecule has 1 heterocycles. The summed E-state index contributed by atoms with van der Waals surface area (Å²) in [5.74, 6) is -0.137. The summed E-state index contributed by atoms with van der Waals surface area (Å²) >= 11 is 3.57. The SMILES string of the molecule is Cc1ccc(-c2cc(C(=O)Nc3cc(C)ccc3C)c3cc(Br)cc(C)c3n2)cc1. The fourth-order valence-corrected chi connectivity index (χ4v) is 4.15. The van der Waals surface area contributed by atoms with Gasteiger partial charge in [-0.15, -0.1) is 0 Å². The number of hydrogen-bond acceptors (Lipinski definition) is 2. The number of carbonyl (C=O) groups is 1. The minimum absolute atomic E-state index is 0.137. The Kier molecular flexibility index (Phi) is 5.44. The fraction of sp³-hybridized carbons (Fsp3) is 0.154. The zero-order valence-corrected chi connectivity index (χ0v) is 19.1. The first kappa shape index (κ1) is 20.3. The molecular formula is C26H23BrN2O. The Morgan fingerprint density at radius 3 is 2.27 bits per heavy atom. The molecule has 3 aromatic carbocycles. The third-order valence-corrected chi connectivity index (χ3v) is 5.76. The van der Waals surface area contributed by atoms with Crippen molar-refractivity contribution in [3.05, 3.63) is 93.0 Å². The van der Waals surface area contributed by atoms with Crippen LogP contribution in [-0.2, 0) is 0 Å². The molecule has 0 fully saturated rings. The Bertz CT molecular complexity index is 1280. The normalized spacial score (nSPS) is 11.0. The molecule has 4 aromatic rings. The van der Waals surface area contributed by atoms with Crippen LogP contribution in [0.3, 0.4) is 0 Å². The number of rotatable bonds is 3. The second-order valence-electron chi connectivity index (χ2n) is 7.81. The smallest absolute Gasteiger partial charge is 0.256 e. The highest BCUT2D eigenvalue weighted by Gasteiger charge is 2.17. The van der Waals surface area contributed by atoms with Crippen molar-refractivity contribution in [3.63, 3.8) is 0 Å². The number of hydrogen-bond donors (Lipinski definition) is 1. The number of anilines is 1. The van der Waals surface area contributed by atoms with Crippen molar-refractivity contribution in [2.24, 2.45) is 0 Å². The molecule has 0 bridgehead atoms. The number of carbonyl (C=O) groups excluding carboxylic acids is 1. The van der Waals surface area contributed by atoms with E-state index < -0.39 is 0 Å². The number of pyridine rings is 1. The summed E-state index contributed by atoms with van der Waals surface area (Å²) in [4.78, 5) is 18.3. The summed E-state index contributed by atoms with van der Waals surface area (Å²) in [7, 11) is 0. The Morgan fingerprint density at radius 2 is 1.53 bits per heavy atom. The van der Waals surface area contributed by atoms with E-state index in [2.05, 4.69) is 40.3 Å². The predicted molar refractivity (Wildman–Crippen MR) is 128 cm³/mol. The molecule has 0 saturated carbocycles. The van der Waals surface area contributed by atoms with Gasteiger partial charge in [0.1, 0.15) is 0 Å². The molecule has 0 aliphatic rings. The molecule has 4 heteroatoms. The maximum Gasteiger partial charge on any atom is 0.256 e. The van der Waals surface area contributed by atoms with E-state index in [1.807, 2.05) is 69.3 Å². The van der Waals surface area contributed by atoms with Crippen molar-refractivity contribution in [1.82, 2.24) is 4.98 Å². The highest BCUT2D eigenvalue weighted by Crippen LogP contribution is 2.30. The number of amides is 1. The van der Waals surface area contributed by atoms with Gasteiger partial charge < -0.3 is 5.32 Å². The first-order chi connectivity index (χ1) is 14.3. The topological polar surface area (TPSA) is 42.0 Å². The van der Waals surface area contributed by atoms with Crippen LogP contribution >= 0.6 is 15.9 Å². The molecular weight excluding hydrogens is 436 g/mol. The van der Waals surface area contributed by atoms with Crippen LogP contribution in [0.25, 0.3) is 22.2 Å². The van der Waals surface area contributed by atoms with Crippen LogP contribution in [0.2, 0.25) is 0 Å². The third kappa shape index (κ3) is 4.01. The summed E-state index contributed by atoms with van der Waals surface area (Å²) < 4.78 is 0.929. The lowest BCUT2D eigenvalue weighted by atomic mass is 10.0. The first-order valence-electron chi connectivity index (χ1n) is 9.88. The summed E-state index contributed by atoms with van der Waals surface area (Å²) in [5.41, 5.74) is 8.40. The average Bonchev–Trinajstić information content (AvgIpc) is 2.70. The number of fused-ring (bicyclic) bond motifs is 1. The number of benzene rings is 3. The van der Waals surface area contributed by atoms with E-state index in [1.165, 1.54) is 5.56 Å². The Hall–Kier alpha value is -2.98. The molecule has 30 heavy (non-hydrogen) atoms. The second-order valence-corrected chi connectivity index (χ2v) is 8.73. The molecule has 0 radical (unpaired) electrons. The highest BCUT2D eigenvalue weighted by atomic mass is 79.9. The number of nitrogens with zero attached hydrogens (tertiary/aromatic N) is 1. The summed E-state index contributed by atoms with van der Waals surface area (Å²) in [6.07, 6.45) is 0. The van der Waals surface area contributed by atoms with Crippen LogP contribution in [0.1, 0.15) is 32.6 Å². The minimum atomic E-state index is -0.137. The summed E-state index contributed by atoms with van der Waals surface area (Å²) in [5, 5.41) is 3.94. The zero-order chi connectivity index (χ0) is 21.4. The Balaban J connectivity index is 1.89. The molecule has 1 aromatic heterocycles. The molecule has 0 saturated heterocycles. The molecule has 0 aliphatic carbocycles. The highest BCUT2D eigenvalue weighted by molar-refractivity contribution is 9.10. The molecule has 150 valence electrons. The lowest BCUT2D eigenvalue weighted by Gasteiger charge is -2.14. The molecule has 1 amide bonds. The lowest BCUT2D eigenvalue weighted by Crippen LogP contribution is -2.14. The molecule has 0 unspecified atom stereocenters. The fourth-order valence-electron chi connectivity index (χ4n) is 3.58. The van der Waals surface area contributed by atoms with Crippen molar-refractivity contribution in [2.45, 2.75) is 27.7 Å². The number of nitrogens with one attached hydrogen (secondary N) is 1. The van der Waals surface area contributed by atoms with Gasteiger partial charge >= 0.3 is 0 Å². The minimum Gasteiger partial charge on any atom is -0.322 e. The van der Waals surface area contributed by atoms with Crippen LogP contribution in [0.4, 0.5) is 5.69 Å². The van der Waals surface area contributed by atoms with E-state index in [0.29, 0.717) is 5.56 Å². The molecule has 0 atom stereocenters. The van der Waals surface area contributed by atoms with Gasteiger partial charge in [0.25, 0.3) is 5.91 Å². The quantitative estimate of drug-likeness (QED) is 0.354. The van der Waals surface area contributed by atoms with Gasteiger partial charge in [-0.25, -0.2) is 4.98 Å². The zero-order valence-electron chi connectivity index (χ0n) is 17.5. The van der Waals surface area contributed by atoms with Crippen molar-refractivity contribution in [3.8, 4) is 11.3 Å². The monoisotopic (exact) mass is 458 g/mol. The van der Waals surface area contributed by atoms with Crippen LogP contribution in [-0.4, -0.2) is 10.9 Å². The second kappa shape index (κ2) is 8.04. The number of aryl methyl sites for hydroxylation is 4. The predicted octanol–water partition coefficient (Wildman–Crippen LogP) is 7.15. The molecule has 3 nitrogen and oxygen atoms in total. The molecule has 1 N–H and O–H groups in total. The van der Waals surface area contributed by atoms with Crippen molar-refractivity contribution in [2.75, 3.05) is 5.32 Å². The van der Waals surface area contributed by atoms with E-state index in [4.69, 9.17) is 4.98 Å². The van der Waals surface area contributed by atoms with Crippen molar-refractivity contribution in [1.29, 1.82) is 0 Å². The summed E-state index contributed by atoms with van der Waals surface area (Å²) in [6, 6.07) is 20.2. The van der Waals surface area contributed by atoms with Crippen LogP contribution in [0, 0.1) is 27.7 Å². The standard InChI is InChI=1S/C26H23BrN2O/c1-15-6-9-19(10-7-15)24-14-22(21-13-20(27)12-18(4)25(21)28-24)26(30)29-23-11-16(2)5-8-17(23)3/h5-14H,1-4H3,(H,29,30). The van der Waals surface area contributed by atoms with Gasteiger partial charge in [-0.2, -0.15) is 0 Å².